The maximum Gasteiger partial charge on any atom is 0.191 e. The molecule has 0 aliphatic rings. The summed E-state index contributed by atoms with van der Waals surface area (Å²) in [7, 11) is 3.52. The molecule has 3 rings (SSSR count). The molecule has 0 spiro atoms. The summed E-state index contributed by atoms with van der Waals surface area (Å²) in [6.07, 6.45) is 0.972. The smallest absolute Gasteiger partial charge is 0.191 e. The standard InChI is InChI=1S/C26H35N5O/c1-20-25(21(2)31(30-20)15-16-32-4)19-29-26(27-3)28-18-24(23-13-9-6-10-14-23)17-22-11-7-5-8-12-22/h5-14,24H,15-19H2,1-4H3,(H2,27,28,29). The first kappa shape index (κ1) is 23.5. The van der Waals surface area contributed by atoms with E-state index in [1.165, 1.54) is 16.7 Å². The fourth-order valence-corrected chi connectivity index (χ4v) is 3.93. The first-order valence-corrected chi connectivity index (χ1v) is 11.2. The number of benzene rings is 2. The van der Waals surface area contributed by atoms with Crippen LogP contribution in [0, 0.1) is 13.8 Å². The third kappa shape index (κ3) is 6.44. The molecule has 0 fully saturated rings. The van der Waals surface area contributed by atoms with E-state index in [0.717, 1.165) is 36.9 Å². The van der Waals surface area contributed by atoms with Crippen LogP contribution in [0.25, 0.3) is 0 Å². The molecule has 0 saturated heterocycles. The molecule has 2 N–H and O–H groups in total. The van der Waals surface area contributed by atoms with Gasteiger partial charge in [-0.1, -0.05) is 60.7 Å². The van der Waals surface area contributed by atoms with Gasteiger partial charge in [0.2, 0.25) is 0 Å². The van der Waals surface area contributed by atoms with Crippen molar-refractivity contribution >= 4 is 5.96 Å². The number of methoxy groups -OCH3 is 1. The number of ether oxygens (including phenoxy) is 1. The summed E-state index contributed by atoms with van der Waals surface area (Å²) in [6.45, 7) is 7.04. The summed E-state index contributed by atoms with van der Waals surface area (Å²) in [5, 5.41) is 11.6. The fraction of sp³-hybridized carbons (Fsp3) is 0.385. The Balaban J connectivity index is 1.63. The lowest BCUT2D eigenvalue weighted by Gasteiger charge is -2.20. The van der Waals surface area contributed by atoms with Gasteiger partial charge in [-0.05, 0) is 31.4 Å². The van der Waals surface area contributed by atoms with Gasteiger partial charge in [-0.2, -0.15) is 5.10 Å². The number of aryl methyl sites for hydroxylation is 1. The molecule has 6 nitrogen and oxygen atoms in total. The molecule has 2 aromatic carbocycles. The number of nitrogens with zero attached hydrogens (tertiary/aromatic N) is 3. The lowest BCUT2D eigenvalue weighted by molar-refractivity contribution is 0.182. The second-order valence-corrected chi connectivity index (χ2v) is 7.97. The molecule has 1 heterocycles. The van der Waals surface area contributed by atoms with E-state index >= 15 is 0 Å². The minimum atomic E-state index is 0.345. The Hall–Kier alpha value is -3.12. The van der Waals surface area contributed by atoms with Gasteiger partial charge in [-0.15, -0.1) is 0 Å². The lowest BCUT2D eigenvalue weighted by Crippen LogP contribution is -2.39. The normalized spacial score (nSPS) is 12.6. The van der Waals surface area contributed by atoms with Crippen LogP contribution in [0.3, 0.4) is 0 Å². The van der Waals surface area contributed by atoms with E-state index in [9.17, 15) is 0 Å². The zero-order chi connectivity index (χ0) is 22.8. The van der Waals surface area contributed by atoms with Crippen molar-refractivity contribution in [3.8, 4) is 0 Å². The molecule has 0 bridgehead atoms. The molecule has 6 heteroatoms. The van der Waals surface area contributed by atoms with Crippen molar-refractivity contribution in [3.05, 3.63) is 88.7 Å². The summed E-state index contributed by atoms with van der Waals surface area (Å²) in [5.41, 5.74) is 6.06. The highest BCUT2D eigenvalue weighted by Gasteiger charge is 2.15. The summed E-state index contributed by atoms with van der Waals surface area (Å²) < 4.78 is 7.20. The van der Waals surface area contributed by atoms with Gasteiger partial charge in [0.25, 0.3) is 0 Å². The van der Waals surface area contributed by atoms with Gasteiger partial charge in [0, 0.05) is 44.4 Å². The lowest BCUT2D eigenvalue weighted by atomic mass is 9.92. The number of nitrogens with one attached hydrogen (secondary N) is 2. The van der Waals surface area contributed by atoms with Crippen LogP contribution in [0.5, 0.6) is 0 Å². The third-order valence-electron chi connectivity index (χ3n) is 5.81. The largest absolute Gasteiger partial charge is 0.383 e. The van der Waals surface area contributed by atoms with Crippen LogP contribution < -0.4 is 10.6 Å². The van der Waals surface area contributed by atoms with Gasteiger partial charge in [0.1, 0.15) is 0 Å². The molecule has 170 valence electrons. The van der Waals surface area contributed by atoms with Crippen molar-refractivity contribution in [3.63, 3.8) is 0 Å². The minimum absolute atomic E-state index is 0.345. The first-order valence-electron chi connectivity index (χ1n) is 11.2. The number of guanidine groups is 1. The summed E-state index contributed by atoms with van der Waals surface area (Å²) in [4.78, 5) is 4.44. The van der Waals surface area contributed by atoms with Crippen molar-refractivity contribution in [2.24, 2.45) is 4.99 Å². The predicted molar refractivity (Wildman–Crippen MR) is 131 cm³/mol. The van der Waals surface area contributed by atoms with Gasteiger partial charge in [0.15, 0.2) is 5.96 Å². The Kier molecular flexibility index (Phi) is 8.87. The maximum atomic E-state index is 5.19. The summed E-state index contributed by atoms with van der Waals surface area (Å²) in [5.74, 6) is 1.14. The molecule has 0 aliphatic heterocycles. The Bertz CT molecular complexity index is 982. The van der Waals surface area contributed by atoms with Crippen molar-refractivity contribution < 1.29 is 4.74 Å². The summed E-state index contributed by atoms with van der Waals surface area (Å²) in [6, 6.07) is 21.3. The van der Waals surface area contributed by atoms with Gasteiger partial charge < -0.3 is 15.4 Å². The van der Waals surface area contributed by atoms with Gasteiger partial charge in [-0.25, -0.2) is 0 Å². The second kappa shape index (κ2) is 12.1. The average molecular weight is 434 g/mol. The monoisotopic (exact) mass is 433 g/mol. The Labute approximate surface area is 191 Å². The topological polar surface area (TPSA) is 63.5 Å². The molecule has 0 amide bonds. The van der Waals surface area contributed by atoms with Crippen LogP contribution in [0.1, 0.15) is 34.0 Å². The van der Waals surface area contributed by atoms with Crippen LogP contribution in [-0.4, -0.2) is 43.0 Å². The van der Waals surface area contributed by atoms with Crippen LogP contribution in [0.2, 0.25) is 0 Å². The molecule has 32 heavy (non-hydrogen) atoms. The van der Waals surface area contributed by atoms with Crippen LogP contribution >= 0.6 is 0 Å². The zero-order valence-corrected chi connectivity index (χ0v) is 19.6. The maximum absolute atomic E-state index is 5.19. The van der Waals surface area contributed by atoms with Gasteiger partial charge in [-0.3, -0.25) is 9.67 Å². The van der Waals surface area contributed by atoms with Crippen LogP contribution in [0.4, 0.5) is 0 Å². The number of hydrogen-bond acceptors (Lipinski definition) is 3. The molecule has 0 aliphatic carbocycles. The van der Waals surface area contributed by atoms with Gasteiger partial charge >= 0.3 is 0 Å². The third-order valence-corrected chi connectivity index (χ3v) is 5.81. The number of aliphatic imine (C=N–C) groups is 1. The Morgan fingerprint density at radius 3 is 2.38 bits per heavy atom. The highest BCUT2D eigenvalue weighted by Crippen LogP contribution is 2.20. The molecule has 1 aromatic heterocycles. The van der Waals surface area contributed by atoms with E-state index in [4.69, 9.17) is 4.74 Å². The van der Waals surface area contributed by atoms with Gasteiger partial charge in [0.05, 0.1) is 18.8 Å². The molecule has 0 radical (unpaired) electrons. The number of aromatic nitrogens is 2. The highest BCUT2D eigenvalue weighted by atomic mass is 16.5. The Morgan fingerprint density at radius 2 is 1.72 bits per heavy atom. The van der Waals surface area contributed by atoms with E-state index < -0.39 is 0 Å². The number of rotatable bonds is 10. The minimum Gasteiger partial charge on any atom is -0.383 e. The first-order chi connectivity index (χ1) is 15.6. The van der Waals surface area contributed by atoms with Crippen molar-refractivity contribution in [1.82, 2.24) is 20.4 Å². The van der Waals surface area contributed by atoms with E-state index in [1.54, 1.807) is 7.11 Å². The molecule has 0 saturated carbocycles. The molecular weight excluding hydrogens is 398 g/mol. The van der Waals surface area contributed by atoms with E-state index in [1.807, 2.05) is 11.7 Å². The van der Waals surface area contributed by atoms with E-state index in [0.29, 0.717) is 19.1 Å². The zero-order valence-electron chi connectivity index (χ0n) is 19.6. The molecule has 1 unspecified atom stereocenters. The second-order valence-electron chi connectivity index (χ2n) is 7.97. The molecule has 3 aromatic rings. The van der Waals surface area contributed by atoms with E-state index in [-0.39, 0.29) is 0 Å². The van der Waals surface area contributed by atoms with Crippen molar-refractivity contribution in [2.45, 2.75) is 39.3 Å². The molecular formula is C26H35N5O. The molecule has 1 atom stereocenters. The quantitative estimate of drug-likeness (QED) is 0.377. The SMILES string of the molecule is CN=C(NCc1c(C)nn(CCOC)c1C)NCC(Cc1ccccc1)c1ccccc1. The van der Waals surface area contributed by atoms with Crippen LogP contribution in [0.15, 0.2) is 65.7 Å². The van der Waals surface area contributed by atoms with Crippen molar-refractivity contribution in [2.75, 3.05) is 27.3 Å². The van der Waals surface area contributed by atoms with E-state index in [2.05, 4.69) is 95.2 Å². The highest BCUT2D eigenvalue weighted by molar-refractivity contribution is 5.79. The summed E-state index contributed by atoms with van der Waals surface area (Å²) >= 11 is 0. The van der Waals surface area contributed by atoms with Crippen molar-refractivity contribution in [1.29, 1.82) is 0 Å². The van der Waals surface area contributed by atoms with Crippen LogP contribution in [-0.2, 0) is 24.2 Å². The number of hydrogen-bond donors (Lipinski definition) is 2. The Morgan fingerprint density at radius 1 is 1.03 bits per heavy atom. The average Bonchev–Trinajstić information content (AvgIpc) is 3.10. The predicted octanol–water partition coefficient (Wildman–Crippen LogP) is 3.84. The fourth-order valence-electron chi connectivity index (χ4n) is 3.93.